The fourth-order valence-electron chi connectivity index (χ4n) is 3.19. The van der Waals surface area contributed by atoms with E-state index in [1.807, 2.05) is 0 Å². The van der Waals surface area contributed by atoms with Gasteiger partial charge in [0.2, 0.25) is 12.2 Å². The molecule has 0 heterocycles. The number of carboxylic acid groups (broad SMARTS) is 2. The molecule has 2 aromatic carbocycles. The Hall–Kier alpha value is -5.27. The number of rotatable bonds is 11. The van der Waals surface area contributed by atoms with E-state index < -0.39 is 65.0 Å². The van der Waals surface area contributed by atoms with Gasteiger partial charge in [0.05, 0.1) is 23.8 Å². The highest BCUT2D eigenvalue weighted by Gasteiger charge is 2.39. The summed E-state index contributed by atoms with van der Waals surface area (Å²) in [6, 6.07) is 8.66. The minimum atomic E-state index is -2.05. The molecule has 0 spiro atoms. The predicted molar refractivity (Wildman–Crippen MR) is 130 cm³/mol. The molecule has 0 saturated heterocycles. The molecule has 206 valence electrons. The van der Waals surface area contributed by atoms with Gasteiger partial charge >= 0.3 is 29.8 Å². The number of aromatic carboxylic acids is 2. The number of anilines is 1. The fraction of sp³-hybridized carbons (Fsp3) is 0.240. The van der Waals surface area contributed by atoms with Crippen LogP contribution in [0.2, 0.25) is 0 Å². The number of esters is 3. The first-order valence-electron chi connectivity index (χ1n) is 11.0. The van der Waals surface area contributed by atoms with Crippen molar-refractivity contribution >= 4 is 47.3 Å². The van der Waals surface area contributed by atoms with Gasteiger partial charge in [-0.3, -0.25) is 19.2 Å². The summed E-state index contributed by atoms with van der Waals surface area (Å²) >= 11 is 0. The molecule has 0 radical (unpaired) electrons. The van der Waals surface area contributed by atoms with Crippen LogP contribution in [-0.4, -0.2) is 71.2 Å². The quantitative estimate of drug-likeness (QED) is 0.230. The summed E-state index contributed by atoms with van der Waals surface area (Å²) in [6.45, 7) is 1.73. The average molecular weight is 544 g/mol. The van der Waals surface area contributed by atoms with Crippen LogP contribution in [-0.2, 0) is 39.9 Å². The molecule has 0 saturated carbocycles. The lowest BCUT2D eigenvalue weighted by Gasteiger charge is -2.25. The first-order valence-corrected chi connectivity index (χ1v) is 11.0. The van der Waals surface area contributed by atoms with Crippen molar-refractivity contribution in [1.82, 2.24) is 5.32 Å². The number of carboxylic acids is 2. The molecule has 0 bridgehead atoms. The summed E-state index contributed by atoms with van der Waals surface area (Å²) < 4.78 is 14.5. The molecule has 0 aromatic heterocycles. The molecule has 2 aromatic rings. The Kier molecular flexibility index (Phi) is 10.2. The number of carbonyl (C=O) groups excluding carboxylic acids is 5. The maximum absolute atomic E-state index is 13.0. The summed E-state index contributed by atoms with van der Waals surface area (Å²) in [6.07, 6.45) is -4.03. The van der Waals surface area contributed by atoms with Crippen LogP contribution in [0.3, 0.4) is 0 Å². The monoisotopic (exact) mass is 544 g/mol. The molecule has 14 nitrogen and oxygen atoms in total. The number of nitrogens with one attached hydrogen (secondary N) is 2. The molecule has 0 fully saturated rings. The fourth-order valence-corrected chi connectivity index (χ4v) is 3.19. The van der Waals surface area contributed by atoms with Gasteiger partial charge in [-0.25, -0.2) is 14.4 Å². The third kappa shape index (κ3) is 8.66. The molecule has 0 aliphatic carbocycles. The van der Waals surface area contributed by atoms with E-state index in [0.717, 1.165) is 32.0 Å². The number of carbonyl (C=O) groups is 7. The van der Waals surface area contributed by atoms with Crippen LogP contribution in [0.1, 0.15) is 50.5 Å². The molecule has 14 heteroatoms. The Bertz CT molecular complexity index is 1270. The number of hydrogen-bond donors (Lipinski definition) is 4. The third-order valence-electron chi connectivity index (χ3n) is 4.91. The van der Waals surface area contributed by atoms with Gasteiger partial charge in [-0.2, -0.15) is 0 Å². The van der Waals surface area contributed by atoms with Crippen LogP contribution in [0, 0.1) is 0 Å². The molecule has 2 rings (SSSR count). The summed E-state index contributed by atoms with van der Waals surface area (Å²) in [7, 11) is 1.22. The van der Waals surface area contributed by atoms with Crippen molar-refractivity contribution in [3.8, 4) is 0 Å². The molecule has 0 aliphatic heterocycles. The predicted octanol–water partition coefficient (Wildman–Crippen LogP) is 0.988. The Labute approximate surface area is 220 Å². The molecular formula is C25H24N2O12. The number of ether oxygens (including phenoxy) is 3. The van der Waals surface area contributed by atoms with Crippen LogP contribution in [0.4, 0.5) is 5.69 Å². The van der Waals surface area contributed by atoms with Crippen LogP contribution in [0.25, 0.3) is 0 Å². The van der Waals surface area contributed by atoms with E-state index in [0.29, 0.717) is 5.56 Å². The third-order valence-corrected chi connectivity index (χ3v) is 4.91. The van der Waals surface area contributed by atoms with E-state index in [-0.39, 0.29) is 17.8 Å². The minimum Gasteiger partial charge on any atom is -0.478 e. The van der Waals surface area contributed by atoms with Crippen LogP contribution in [0.15, 0.2) is 42.5 Å². The standard InChI is InChI=1S/C25H24N2O12/c1-12(28)38-19(21(30)26-11-14-4-6-15(7-5-14)25(36)37-3)20(39-13(2)29)22(31)27-18-9-16(23(32)33)8-17(10-18)24(34)35/h4-10,19-20H,11H2,1-3H3,(H,26,30)(H,27,31)(H,32,33)(H,34,35)/t19-,20-/m1/s1. The summed E-state index contributed by atoms with van der Waals surface area (Å²) in [4.78, 5) is 83.7. The normalized spacial score (nSPS) is 11.8. The van der Waals surface area contributed by atoms with Crippen LogP contribution < -0.4 is 10.6 Å². The lowest BCUT2D eigenvalue weighted by atomic mass is 10.1. The molecule has 2 atom stereocenters. The maximum atomic E-state index is 13.0. The second kappa shape index (κ2) is 13.3. The van der Waals surface area contributed by atoms with Gasteiger partial charge in [-0.15, -0.1) is 0 Å². The first kappa shape index (κ1) is 30.0. The summed E-state index contributed by atoms with van der Waals surface area (Å²) in [5.41, 5.74) is -0.474. The van der Waals surface area contributed by atoms with Crippen molar-refractivity contribution in [2.75, 3.05) is 12.4 Å². The highest BCUT2D eigenvalue weighted by molar-refractivity contribution is 6.02. The lowest BCUT2D eigenvalue weighted by Crippen LogP contribution is -2.51. The van der Waals surface area contributed by atoms with Gasteiger partial charge < -0.3 is 35.1 Å². The van der Waals surface area contributed by atoms with E-state index in [1.54, 1.807) is 0 Å². The van der Waals surface area contributed by atoms with Crippen molar-refractivity contribution in [1.29, 1.82) is 0 Å². The Morgan fingerprint density at radius 1 is 0.744 bits per heavy atom. The van der Waals surface area contributed by atoms with Crippen molar-refractivity contribution in [2.45, 2.75) is 32.6 Å². The van der Waals surface area contributed by atoms with Crippen molar-refractivity contribution in [2.24, 2.45) is 0 Å². The number of hydrogen-bond acceptors (Lipinski definition) is 10. The summed E-state index contributed by atoms with van der Waals surface area (Å²) in [5, 5.41) is 23.1. The van der Waals surface area contributed by atoms with Gasteiger partial charge in [-0.05, 0) is 35.9 Å². The first-order chi connectivity index (χ1) is 18.3. The highest BCUT2D eigenvalue weighted by Crippen LogP contribution is 2.18. The van der Waals surface area contributed by atoms with Crippen molar-refractivity contribution < 1.29 is 58.0 Å². The van der Waals surface area contributed by atoms with Gasteiger partial charge in [0.15, 0.2) is 0 Å². The van der Waals surface area contributed by atoms with Gasteiger partial charge in [0.25, 0.3) is 11.8 Å². The topological polar surface area (TPSA) is 212 Å². The van der Waals surface area contributed by atoms with E-state index in [1.165, 1.54) is 31.4 Å². The van der Waals surface area contributed by atoms with Crippen LogP contribution in [0.5, 0.6) is 0 Å². The lowest BCUT2D eigenvalue weighted by molar-refractivity contribution is -0.173. The minimum absolute atomic E-state index is 0.144. The molecule has 2 amide bonds. The second-order valence-electron chi connectivity index (χ2n) is 7.86. The van der Waals surface area contributed by atoms with E-state index >= 15 is 0 Å². The van der Waals surface area contributed by atoms with E-state index in [9.17, 15) is 43.8 Å². The Balaban J connectivity index is 2.31. The number of amides is 2. The van der Waals surface area contributed by atoms with Crippen LogP contribution >= 0.6 is 0 Å². The highest BCUT2D eigenvalue weighted by atomic mass is 16.6. The van der Waals surface area contributed by atoms with E-state index in [4.69, 9.17) is 9.47 Å². The average Bonchev–Trinajstić information content (AvgIpc) is 2.88. The Morgan fingerprint density at radius 3 is 1.67 bits per heavy atom. The summed E-state index contributed by atoms with van der Waals surface area (Å²) in [5.74, 6) is -7.81. The van der Waals surface area contributed by atoms with Gasteiger partial charge in [-0.1, -0.05) is 12.1 Å². The zero-order chi connectivity index (χ0) is 29.3. The van der Waals surface area contributed by atoms with Gasteiger partial charge in [0, 0.05) is 26.1 Å². The maximum Gasteiger partial charge on any atom is 0.337 e. The van der Waals surface area contributed by atoms with E-state index in [2.05, 4.69) is 15.4 Å². The molecular weight excluding hydrogens is 520 g/mol. The second-order valence-corrected chi connectivity index (χ2v) is 7.86. The molecule has 0 unspecified atom stereocenters. The SMILES string of the molecule is COC(=O)c1ccc(CNC(=O)[C@H](OC(C)=O)[C@@H](OC(C)=O)C(=O)Nc2cc(C(=O)O)cc(C(=O)O)c2)cc1. The zero-order valence-corrected chi connectivity index (χ0v) is 20.9. The molecule has 0 aliphatic rings. The Morgan fingerprint density at radius 2 is 1.23 bits per heavy atom. The largest absolute Gasteiger partial charge is 0.478 e. The number of benzene rings is 2. The smallest absolute Gasteiger partial charge is 0.337 e. The van der Waals surface area contributed by atoms with Gasteiger partial charge in [0.1, 0.15) is 0 Å². The molecule has 39 heavy (non-hydrogen) atoms. The number of methoxy groups -OCH3 is 1. The van der Waals surface area contributed by atoms with Crippen molar-refractivity contribution in [3.63, 3.8) is 0 Å². The van der Waals surface area contributed by atoms with Crippen molar-refractivity contribution in [3.05, 3.63) is 64.7 Å². The zero-order valence-electron chi connectivity index (χ0n) is 20.9. The molecule has 4 N–H and O–H groups in total.